The predicted octanol–water partition coefficient (Wildman–Crippen LogP) is 4.99. The van der Waals surface area contributed by atoms with Gasteiger partial charge in [-0.25, -0.2) is 4.98 Å². The van der Waals surface area contributed by atoms with Crippen LogP contribution in [-0.2, 0) is 4.79 Å². The third-order valence-electron chi connectivity index (χ3n) is 4.40. The number of carbonyl (C=O) groups excluding carboxylic acids is 1. The smallest absolute Gasteiger partial charge is 0.221 e. The van der Waals surface area contributed by atoms with E-state index in [1.165, 1.54) is 12.5 Å². The first kappa shape index (κ1) is 17.2. The van der Waals surface area contributed by atoms with E-state index in [-0.39, 0.29) is 5.91 Å². The summed E-state index contributed by atoms with van der Waals surface area (Å²) in [4.78, 5) is 19.0. The molecule has 2 aromatic heterocycles. The summed E-state index contributed by atoms with van der Waals surface area (Å²) < 4.78 is 2.39. The van der Waals surface area contributed by atoms with E-state index in [1.54, 1.807) is 6.20 Å². The molecule has 2 aromatic carbocycles. The molecule has 0 spiro atoms. The molecule has 0 fully saturated rings. The molecule has 134 valence electrons. The summed E-state index contributed by atoms with van der Waals surface area (Å²) in [5.41, 5.74) is 6.86. The van der Waals surface area contributed by atoms with Gasteiger partial charge in [0, 0.05) is 30.6 Å². The van der Waals surface area contributed by atoms with Gasteiger partial charge in [-0.3, -0.25) is 9.20 Å². The Morgan fingerprint density at radius 2 is 1.74 bits per heavy atom. The van der Waals surface area contributed by atoms with Gasteiger partial charge in [0.25, 0.3) is 0 Å². The lowest BCUT2D eigenvalue weighted by molar-refractivity contribution is -0.114. The number of carbonyl (C=O) groups is 1. The number of nitrogens with zero attached hydrogens (tertiary/aromatic N) is 2. The maximum Gasteiger partial charge on any atom is 0.221 e. The molecule has 0 bridgehead atoms. The molecule has 0 radical (unpaired) electrons. The van der Waals surface area contributed by atoms with Gasteiger partial charge in [0.1, 0.15) is 5.65 Å². The fourth-order valence-electron chi connectivity index (χ4n) is 3.03. The number of imidazole rings is 1. The highest BCUT2D eigenvalue weighted by molar-refractivity contribution is 7.71. The van der Waals surface area contributed by atoms with Crippen molar-refractivity contribution in [3.8, 4) is 22.4 Å². The molecule has 0 atom stereocenters. The Bertz CT molecular complexity index is 1190. The Morgan fingerprint density at radius 3 is 2.41 bits per heavy atom. The summed E-state index contributed by atoms with van der Waals surface area (Å²) in [6.07, 6.45) is 3.75. The van der Waals surface area contributed by atoms with Crippen LogP contribution >= 0.6 is 12.2 Å². The lowest BCUT2D eigenvalue weighted by atomic mass is 10.1. The molecule has 1 amide bonds. The highest BCUT2D eigenvalue weighted by atomic mass is 32.1. The lowest BCUT2D eigenvalue weighted by Crippen LogP contribution is -2.05. The van der Waals surface area contributed by atoms with E-state index in [4.69, 9.17) is 12.2 Å². The zero-order valence-corrected chi connectivity index (χ0v) is 15.8. The van der Waals surface area contributed by atoms with Crippen LogP contribution in [0.3, 0.4) is 0 Å². The van der Waals surface area contributed by atoms with Crippen LogP contribution in [0.1, 0.15) is 12.5 Å². The van der Waals surface area contributed by atoms with Crippen molar-refractivity contribution in [3.05, 3.63) is 71.3 Å². The Balaban J connectivity index is 1.82. The van der Waals surface area contributed by atoms with Crippen LogP contribution in [0.4, 0.5) is 5.69 Å². The number of aromatic nitrogens is 3. The number of aryl methyl sites for hydroxylation is 1. The van der Waals surface area contributed by atoms with Crippen molar-refractivity contribution in [1.29, 1.82) is 0 Å². The summed E-state index contributed by atoms with van der Waals surface area (Å²) in [5.74, 6) is -0.0927. The summed E-state index contributed by atoms with van der Waals surface area (Å²) in [7, 11) is 0. The minimum absolute atomic E-state index is 0.0927. The quantitative estimate of drug-likeness (QED) is 0.497. The number of benzene rings is 2. The number of hydrogen-bond acceptors (Lipinski definition) is 3. The number of fused-ring (bicyclic) bond motifs is 1. The Labute approximate surface area is 161 Å². The molecular weight excluding hydrogens is 356 g/mol. The van der Waals surface area contributed by atoms with Crippen molar-refractivity contribution >= 4 is 29.5 Å². The molecule has 0 aliphatic rings. The minimum atomic E-state index is -0.0927. The zero-order chi connectivity index (χ0) is 19.0. The number of hydrogen-bond donors (Lipinski definition) is 2. The maximum atomic E-state index is 11.2. The van der Waals surface area contributed by atoms with Crippen LogP contribution in [0, 0.1) is 11.7 Å². The summed E-state index contributed by atoms with van der Waals surface area (Å²) in [6, 6.07) is 16.0. The fraction of sp³-hybridized carbons (Fsp3) is 0.0952. The first-order valence-corrected chi connectivity index (χ1v) is 8.97. The van der Waals surface area contributed by atoms with Gasteiger partial charge in [-0.1, -0.05) is 42.0 Å². The van der Waals surface area contributed by atoms with E-state index in [0.29, 0.717) is 4.77 Å². The molecule has 4 aromatic rings. The number of amides is 1. The predicted molar refractivity (Wildman–Crippen MR) is 110 cm³/mol. The largest absolute Gasteiger partial charge is 0.339 e. The Morgan fingerprint density at radius 1 is 1.07 bits per heavy atom. The molecule has 0 saturated heterocycles. The van der Waals surface area contributed by atoms with Gasteiger partial charge in [-0.2, -0.15) is 0 Å². The first-order valence-electron chi connectivity index (χ1n) is 8.57. The summed E-state index contributed by atoms with van der Waals surface area (Å²) >= 11 is 5.40. The molecule has 27 heavy (non-hydrogen) atoms. The monoisotopic (exact) mass is 374 g/mol. The van der Waals surface area contributed by atoms with E-state index in [1.807, 2.05) is 34.9 Å². The number of H-pyrrole nitrogens is 1. The van der Waals surface area contributed by atoms with E-state index >= 15 is 0 Å². The maximum absolute atomic E-state index is 11.2. The van der Waals surface area contributed by atoms with E-state index in [0.717, 1.165) is 33.7 Å². The van der Waals surface area contributed by atoms with Crippen LogP contribution in [0.25, 0.3) is 28.0 Å². The molecule has 2 N–H and O–H groups in total. The molecule has 5 nitrogen and oxygen atoms in total. The normalized spacial score (nSPS) is 10.9. The molecule has 4 rings (SSSR count). The Hall–Kier alpha value is -3.25. The standard InChI is InChI=1S/C21H18N4OS/c1-13-3-5-16(6-4-13)19-12-25-20(24-19)18(11-22-21(25)27)15-7-9-17(10-8-15)23-14(2)26/h3-12,24H,1-2H3,(H,23,26). The summed E-state index contributed by atoms with van der Waals surface area (Å²) in [5, 5.41) is 2.78. The van der Waals surface area contributed by atoms with Crippen LogP contribution in [-0.4, -0.2) is 20.3 Å². The number of nitrogens with one attached hydrogen (secondary N) is 2. The molecule has 0 aliphatic carbocycles. The van der Waals surface area contributed by atoms with Crippen LogP contribution < -0.4 is 5.32 Å². The SMILES string of the molecule is CC(=O)Nc1ccc(-c2cnc(=S)n3cc(-c4ccc(C)cc4)[nH]c23)cc1. The van der Waals surface area contributed by atoms with E-state index in [9.17, 15) is 4.79 Å². The van der Waals surface area contributed by atoms with Gasteiger partial charge >= 0.3 is 0 Å². The van der Waals surface area contributed by atoms with Crippen molar-refractivity contribution in [1.82, 2.24) is 14.4 Å². The second kappa shape index (κ2) is 6.81. The average Bonchev–Trinajstić information content (AvgIpc) is 3.09. The second-order valence-electron chi connectivity index (χ2n) is 6.47. The second-order valence-corrected chi connectivity index (χ2v) is 6.83. The van der Waals surface area contributed by atoms with Crippen LogP contribution in [0.5, 0.6) is 0 Å². The van der Waals surface area contributed by atoms with Crippen molar-refractivity contribution < 1.29 is 4.79 Å². The third kappa shape index (κ3) is 3.39. The highest BCUT2D eigenvalue weighted by Gasteiger charge is 2.10. The van der Waals surface area contributed by atoms with Gasteiger partial charge in [-0.05, 0) is 42.4 Å². The van der Waals surface area contributed by atoms with Crippen LogP contribution in [0.15, 0.2) is 60.9 Å². The third-order valence-corrected chi connectivity index (χ3v) is 4.70. The molecular formula is C21H18N4OS. The van der Waals surface area contributed by atoms with Crippen LogP contribution in [0.2, 0.25) is 0 Å². The van der Waals surface area contributed by atoms with Crippen molar-refractivity contribution in [2.75, 3.05) is 5.32 Å². The van der Waals surface area contributed by atoms with Crippen molar-refractivity contribution in [2.45, 2.75) is 13.8 Å². The average molecular weight is 374 g/mol. The molecule has 6 heteroatoms. The van der Waals surface area contributed by atoms with Gasteiger partial charge in [0.2, 0.25) is 10.7 Å². The highest BCUT2D eigenvalue weighted by Crippen LogP contribution is 2.28. The van der Waals surface area contributed by atoms with Gasteiger partial charge < -0.3 is 10.3 Å². The van der Waals surface area contributed by atoms with Crippen molar-refractivity contribution in [3.63, 3.8) is 0 Å². The van der Waals surface area contributed by atoms with Gasteiger partial charge in [0.05, 0.1) is 5.69 Å². The summed E-state index contributed by atoms with van der Waals surface area (Å²) in [6.45, 7) is 3.56. The number of anilines is 1. The van der Waals surface area contributed by atoms with Crippen molar-refractivity contribution in [2.24, 2.45) is 0 Å². The van der Waals surface area contributed by atoms with E-state index in [2.05, 4.69) is 46.5 Å². The number of rotatable bonds is 3. The topological polar surface area (TPSA) is 62.2 Å². The number of aromatic amines is 1. The molecule has 0 aliphatic heterocycles. The van der Waals surface area contributed by atoms with Gasteiger partial charge in [0.15, 0.2) is 0 Å². The first-order chi connectivity index (χ1) is 13.0. The fourth-order valence-corrected chi connectivity index (χ4v) is 3.23. The molecule has 2 heterocycles. The Kier molecular flexibility index (Phi) is 4.33. The lowest BCUT2D eigenvalue weighted by Gasteiger charge is -2.06. The minimum Gasteiger partial charge on any atom is -0.339 e. The molecule has 0 unspecified atom stereocenters. The van der Waals surface area contributed by atoms with E-state index < -0.39 is 0 Å². The zero-order valence-electron chi connectivity index (χ0n) is 15.0. The van der Waals surface area contributed by atoms with Gasteiger partial charge in [-0.15, -0.1) is 0 Å². The molecule has 0 saturated carbocycles.